The highest BCUT2D eigenvalue weighted by Gasteiger charge is 2.31. The fraction of sp³-hybridized carbons (Fsp3) is 0.385. The van der Waals surface area contributed by atoms with Gasteiger partial charge in [0.25, 0.3) is 0 Å². The molecule has 6 heteroatoms. The molecule has 2 amide bonds. The van der Waals surface area contributed by atoms with E-state index in [9.17, 15) is 9.59 Å². The lowest BCUT2D eigenvalue weighted by Crippen LogP contribution is -2.51. The Hall–Kier alpha value is -1.10. The van der Waals surface area contributed by atoms with Crippen LogP contribution in [-0.2, 0) is 16.1 Å². The third-order valence-electron chi connectivity index (χ3n) is 3.24. The number of benzene rings is 1. The van der Waals surface area contributed by atoms with Crippen molar-refractivity contribution in [1.29, 1.82) is 0 Å². The van der Waals surface area contributed by atoms with E-state index in [0.29, 0.717) is 29.4 Å². The molecule has 0 bridgehead atoms. The maximum absolute atomic E-state index is 11.9. The standard InChI is InChI=1S/C13H14Cl2N2O2/c1-17-12(18)6-5-11(13(17)19)16-7-8-9(14)3-2-4-10(8)15/h2-4,11,16H,5-7H2,1H3. The van der Waals surface area contributed by atoms with Crippen LogP contribution in [0.1, 0.15) is 18.4 Å². The number of nitrogens with one attached hydrogen (secondary N) is 1. The number of piperidine rings is 1. The molecule has 2 rings (SSSR count). The molecule has 1 aliphatic rings. The van der Waals surface area contributed by atoms with Crippen LogP contribution in [0.4, 0.5) is 0 Å². The van der Waals surface area contributed by atoms with E-state index < -0.39 is 0 Å². The van der Waals surface area contributed by atoms with Crippen LogP contribution >= 0.6 is 23.2 Å². The van der Waals surface area contributed by atoms with Crippen molar-refractivity contribution < 1.29 is 9.59 Å². The van der Waals surface area contributed by atoms with Gasteiger partial charge in [0.1, 0.15) is 0 Å². The summed E-state index contributed by atoms with van der Waals surface area (Å²) in [5, 5.41) is 4.23. The second kappa shape index (κ2) is 5.90. The highest BCUT2D eigenvalue weighted by Crippen LogP contribution is 2.24. The molecule has 4 nitrogen and oxygen atoms in total. The molecule has 1 unspecified atom stereocenters. The van der Waals surface area contributed by atoms with E-state index in [-0.39, 0.29) is 17.9 Å². The molecular weight excluding hydrogens is 287 g/mol. The summed E-state index contributed by atoms with van der Waals surface area (Å²) in [6, 6.07) is 4.91. The summed E-state index contributed by atoms with van der Waals surface area (Å²) < 4.78 is 0. The Morgan fingerprint density at radius 2 is 1.95 bits per heavy atom. The zero-order valence-corrected chi connectivity index (χ0v) is 12.0. The average Bonchev–Trinajstić information content (AvgIpc) is 2.38. The molecule has 1 atom stereocenters. The highest BCUT2D eigenvalue weighted by atomic mass is 35.5. The van der Waals surface area contributed by atoms with Crippen LogP contribution in [0.25, 0.3) is 0 Å². The zero-order valence-electron chi connectivity index (χ0n) is 10.5. The van der Waals surface area contributed by atoms with E-state index in [4.69, 9.17) is 23.2 Å². The Bertz CT molecular complexity index is 499. The van der Waals surface area contributed by atoms with Gasteiger partial charge in [-0.05, 0) is 18.6 Å². The van der Waals surface area contributed by atoms with E-state index in [1.54, 1.807) is 18.2 Å². The lowest BCUT2D eigenvalue weighted by molar-refractivity contribution is -0.148. The minimum absolute atomic E-state index is 0.140. The molecule has 0 aliphatic carbocycles. The quantitative estimate of drug-likeness (QED) is 0.871. The van der Waals surface area contributed by atoms with Crippen molar-refractivity contribution in [2.24, 2.45) is 0 Å². The zero-order chi connectivity index (χ0) is 14.0. The van der Waals surface area contributed by atoms with Gasteiger partial charge in [-0.2, -0.15) is 0 Å². The molecule has 1 fully saturated rings. The van der Waals surface area contributed by atoms with Gasteiger partial charge >= 0.3 is 0 Å². The van der Waals surface area contributed by atoms with E-state index in [0.717, 1.165) is 10.5 Å². The van der Waals surface area contributed by atoms with Crippen molar-refractivity contribution in [1.82, 2.24) is 10.2 Å². The summed E-state index contributed by atoms with van der Waals surface area (Å²) >= 11 is 12.1. The number of likely N-dealkylation sites (N-methyl/N-ethyl adjacent to an activating group) is 1. The molecule has 102 valence electrons. The van der Waals surface area contributed by atoms with Gasteiger partial charge < -0.3 is 5.32 Å². The molecule has 1 aromatic rings. The number of hydrogen-bond acceptors (Lipinski definition) is 3. The largest absolute Gasteiger partial charge is 0.302 e. The number of amides is 2. The molecule has 1 aromatic carbocycles. The van der Waals surface area contributed by atoms with E-state index >= 15 is 0 Å². The van der Waals surface area contributed by atoms with Gasteiger partial charge in [-0.15, -0.1) is 0 Å². The molecule has 0 aromatic heterocycles. The van der Waals surface area contributed by atoms with Crippen molar-refractivity contribution in [3.8, 4) is 0 Å². The maximum atomic E-state index is 11.9. The fourth-order valence-corrected chi connectivity index (χ4v) is 2.56. The van der Waals surface area contributed by atoms with Crippen LogP contribution in [0.5, 0.6) is 0 Å². The summed E-state index contributed by atoms with van der Waals surface area (Å²) in [4.78, 5) is 24.4. The predicted octanol–water partition coefficient (Wildman–Crippen LogP) is 2.23. The molecule has 1 heterocycles. The Labute approximate surface area is 121 Å². The monoisotopic (exact) mass is 300 g/mol. The summed E-state index contributed by atoms with van der Waals surface area (Å²) in [5.41, 5.74) is 0.762. The van der Waals surface area contributed by atoms with Gasteiger partial charge in [-0.1, -0.05) is 29.3 Å². The third-order valence-corrected chi connectivity index (χ3v) is 3.94. The number of imide groups is 1. The van der Waals surface area contributed by atoms with Gasteiger partial charge in [-0.25, -0.2) is 0 Å². The Kier molecular flexibility index (Phi) is 4.45. The number of carbonyl (C=O) groups is 2. The van der Waals surface area contributed by atoms with Gasteiger partial charge in [0.2, 0.25) is 11.8 Å². The summed E-state index contributed by atoms with van der Waals surface area (Å²) in [7, 11) is 1.50. The number of nitrogens with zero attached hydrogens (tertiary/aromatic N) is 1. The van der Waals surface area contributed by atoms with Crippen molar-refractivity contribution in [3.63, 3.8) is 0 Å². The minimum atomic E-state index is -0.366. The van der Waals surface area contributed by atoms with Gasteiger partial charge in [0, 0.05) is 35.6 Å². The molecule has 1 aliphatic heterocycles. The molecule has 19 heavy (non-hydrogen) atoms. The normalized spacial score (nSPS) is 19.9. The summed E-state index contributed by atoms with van der Waals surface area (Å²) in [6.07, 6.45) is 0.875. The van der Waals surface area contributed by atoms with E-state index in [2.05, 4.69) is 5.32 Å². The number of halogens is 2. The molecular formula is C13H14Cl2N2O2. The maximum Gasteiger partial charge on any atom is 0.246 e. The SMILES string of the molecule is CN1C(=O)CCC(NCc2c(Cl)cccc2Cl)C1=O. The van der Waals surface area contributed by atoms with Crippen LogP contribution < -0.4 is 5.32 Å². The molecule has 1 saturated heterocycles. The number of carbonyl (C=O) groups excluding carboxylic acids is 2. The predicted molar refractivity (Wildman–Crippen MR) is 74.1 cm³/mol. The van der Waals surface area contributed by atoms with Gasteiger partial charge in [0.15, 0.2) is 0 Å². The fourth-order valence-electron chi connectivity index (χ4n) is 2.03. The Morgan fingerprint density at radius 1 is 1.32 bits per heavy atom. The van der Waals surface area contributed by atoms with Crippen LogP contribution in [0.3, 0.4) is 0 Å². The average molecular weight is 301 g/mol. The van der Waals surface area contributed by atoms with E-state index in [1.165, 1.54) is 7.05 Å². The van der Waals surface area contributed by atoms with Crippen LogP contribution in [-0.4, -0.2) is 29.8 Å². The first-order valence-corrected chi connectivity index (χ1v) is 6.73. The molecule has 0 spiro atoms. The van der Waals surface area contributed by atoms with Crippen molar-refractivity contribution in [2.45, 2.75) is 25.4 Å². The third kappa shape index (κ3) is 3.08. The Morgan fingerprint density at radius 3 is 2.58 bits per heavy atom. The first-order valence-electron chi connectivity index (χ1n) is 5.97. The molecule has 0 saturated carbocycles. The lowest BCUT2D eigenvalue weighted by atomic mass is 10.0. The number of rotatable bonds is 3. The number of likely N-dealkylation sites (tertiary alicyclic amines) is 1. The lowest BCUT2D eigenvalue weighted by Gasteiger charge is -2.28. The van der Waals surface area contributed by atoms with E-state index in [1.807, 2.05) is 0 Å². The van der Waals surface area contributed by atoms with Gasteiger partial charge in [0.05, 0.1) is 6.04 Å². The highest BCUT2D eigenvalue weighted by molar-refractivity contribution is 6.35. The molecule has 1 N–H and O–H groups in total. The smallest absolute Gasteiger partial charge is 0.246 e. The number of hydrogen-bond donors (Lipinski definition) is 1. The summed E-state index contributed by atoms with van der Waals surface area (Å²) in [6.45, 7) is 0.400. The van der Waals surface area contributed by atoms with Crippen molar-refractivity contribution >= 4 is 35.0 Å². The topological polar surface area (TPSA) is 49.4 Å². The van der Waals surface area contributed by atoms with Crippen LogP contribution in [0.15, 0.2) is 18.2 Å². The van der Waals surface area contributed by atoms with Crippen LogP contribution in [0, 0.1) is 0 Å². The minimum Gasteiger partial charge on any atom is -0.302 e. The molecule has 0 radical (unpaired) electrons. The first-order chi connectivity index (χ1) is 9.00. The second-order valence-corrected chi connectivity index (χ2v) is 5.28. The second-order valence-electron chi connectivity index (χ2n) is 4.46. The first kappa shape index (κ1) is 14.3. The Balaban J connectivity index is 2.03. The van der Waals surface area contributed by atoms with Crippen molar-refractivity contribution in [2.75, 3.05) is 7.05 Å². The van der Waals surface area contributed by atoms with Crippen molar-refractivity contribution in [3.05, 3.63) is 33.8 Å². The van der Waals surface area contributed by atoms with Gasteiger partial charge in [-0.3, -0.25) is 14.5 Å². The van der Waals surface area contributed by atoms with Crippen LogP contribution in [0.2, 0.25) is 10.0 Å². The summed E-state index contributed by atoms with van der Waals surface area (Å²) in [5.74, 6) is -0.349.